The number of nitrogen functional groups attached to an aromatic ring is 2. The smallest absolute Gasteiger partial charge is 0.225 e. The summed E-state index contributed by atoms with van der Waals surface area (Å²) in [6.07, 6.45) is 0. The van der Waals surface area contributed by atoms with Gasteiger partial charge < -0.3 is 11.5 Å². The first-order valence-electron chi connectivity index (χ1n) is 4.42. The number of hydrogen-bond donors (Lipinski definition) is 4. The number of hydrazine groups is 1. The van der Waals surface area contributed by atoms with Crippen molar-refractivity contribution < 1.29 is 0 Å². The van der Waals surface area contributed by atoms with E-state index in [1.54, 1.807) is 0 Å². The molecule has 6 N–H and O–H groups in total. The van der Waals surface area contributed by atoms with Gasteiger partial charge in [0, 0.05) is 18.5 Å². The Hall–Kier alpha value is -1.47. The van der Waals surface area contributed by atoms with Gasteiger partial charge in [0.05, 0.1) is 0 Å². The maximum atomic E-state index is 5.49. The Balaban J connectivity index is 2.31. The largest absolute Gasteiger partial charge is 0.368 e. The van der Waals surface area contributed by atoms with Gasteiger partial charge in [0.1, 0.15) is 5.82 Å². The number of rotatable bonds is 1. The molecule has 0 saturated carbocycles. The van der Waals surface area contributed by atoms with Crippen molar-refractivity contribution in [1.82, 2.24) is 25.8 Å². The Morgan fingerprint density at radius 2 is 1.86 bits per heavy atom. The van der Waals surface area contributed by atoms with Crippen LogP contribution in [0.3, 0.4) is 0 Å². The highest BCUT2D eigenvalue weighted by Gasteiger charge is 2.27. The molecule has 2 rings (SSSR count). The Bertz CT molecular complexity index is 319. The van der Waals surface area contributed by atoms with Crippen LogP contribution in [0.1, 0.15) is 18.7 Å². The zero-order chi connectivity index (χ0) is 10.1. The van der Waals surface area contributed by atoms with Crippen LogP contribution in [0.15, 0.2) is 0 Å². The predicted octanol–water partition coefficient (Wildman–Crippen LogP) is -1.38. The molecule has 0 spiro atoms. The molecule has 1 fully saturated rings. The lowest BCUT2D eigenvalue weighted by Gasteiger charge is -2.12. The quantitative estimate of drug-likeness (QED) is 0.436. The molecule has 7 heteroatoms. The highest BCUT2D eigenvalue weighted by atomic mass is 15.4. The summed E-state index contributed by atoms with van der Waals surface area (Å²) in [5.41, 5.74) is 17.1. The first kappa shape index (κ1) is 9.10. The van der Waals surface area contributed by atoms with Crippen LogP contribution in [0.5, 0.6) is 0 Å². The molecule has 1 aliphatic heterocycles. The number of anilines is 2. The fourth-order valence-corrected chi connectivity index (χ4v) is 1.52. The molecule has 7 nitrogen and oxygen atoms in total. The number of hydrogen-bond acceptors (Lipinski definition) is 7. The maximum absolute atomic E-state index is 5.49. The average Bonchev–Trinajstić information content (AvgIpc) is 2.49. The van der Waals surface area contributed by atoms with Crippen molar-refractivity contribution in [3.05, 3.63) is 5.82 Å². The summed E-state index contributed by atoms with van der Waals surface area (Å²) in [6.45, 7) is 2.81. The third-order valence-electron chi connectivity index (χ3n) is 2.27. The van der Waals surface area contributed by atoms with E-state index in [9.17, 15) is 0 Å². The van der Waals surface area contributed by atoms with E-state index in [0.717, 1.165) is 6.54 Å². The van der Waals surface area contributed by atoms with Crippen molar-refractivity contribution in [3.8, 4) is 0 Å². The Morgan fingerprint density at radius 1 is 1.21 bits per heavy atom. The Morgan fingerprint density at radius 3 is 2.36 bits per heavy atom. The fraction of sp³-hybridized carbons (Fsp3) is 0.571. The van der Waals surface area contributed by atoms with E-state index >= 15 is 0 Å². The van der Waals surface area contributed by atoms with Crippen LogP contribution in [0.4, 0.5) is 11.9 Å². The first-order valence-corrected chi connectivity index (χ1v) is 4.42. The summed E-state index contributed by atoms with van der Waals surface area (Å²) in [7, 11) is 0. The fourth-order valence-electron chi connectivity index (χ4n) is 1.52. The van der Waals surface area contributed by atoms with Gasteiger partial charge in [-0.2, -0.15) is 15.0 Å². The topological polar surface area (TPSA) is 115 Å². The van der Waals surface area contributed by atoms with Crippen LogP contribution in [0.2, 0.25) is 0 Å². The minimum atomic E-state index is 0.173. The van der Waals surface area contributed by atoms with Gasteiger partial charge in [0.2, 0.25) is 11.9 Å². The molecular weight excluding hydrogens is 182 g/mol. The molecule has 0 bridgehead atoms. The second-order valence-corrected chi connectivity index (χ2v) is 3.33. The Kier molecular flexibility index (Phi) is 2.18. The van der Waals surface area contributed by atoms with E-state index in [1.165, 1.54) is 0 Å². The van der Waals surface area contributed by atoms with E-state index in [-0.39, 0.29) is 23.9 Å². The van der Waals surface area contributed by atoms with Gasteiger partial charge in [0.15, 0.2) is 0 Å². The molecular formula is C7H13N7. The van der Waals surface area contributed by atoms with E-state index in [0.29, 0.717) is 5.82 Å². The van der Waals surface area contributed by atoms with Gasteiger partial charge in [-0.05, 0) is 6.92 Å². The second-order valence-electron chi connectivity index (χ2n) is 3.33. The molecule has 1 saturated heterocycles. The molecule has 76 valence electrons. The van der Waals surface area contributed by atoms with Crippen LogP contribution < -0.4 is 22.3 Å². The molecule has 0 radical (unpaired) electrons. The lowest BCUT2D eigenvalue weighted by molar-refractivity contribution is 0.556. The molecule has 2 unspecified atom stereocenters. The van der Waals surface area contributed by atoms with Gasteiger partial charge in [0.25, 0.3) is 0 Å². The van der Waals surface area contributed by atoms with Crippen molar-refractivity contribution in [2.45, 2.75) is 18.9 Å². The number of aromatic nitrogens is 3. The summed E-state index contributed by atoms with van der Waals surface area (Å²) in [5.74, 6) is 1.17. The minimum absolute atomic E-state index is 0.173. The second kappa shape index (κ2) is 3.35. The average molecular weight is 195 g/mol. The highest BCUT2D eigenvalue weighted by Crippen LogP contribution is 2.18. The highest BCUT2D eigenvalue weighted by molar-refractivity contribution is 5.27. The van der Waals surface area contributed by atoms with Crippen LogP contribution in [-0.2, 0) is 0 Å². The lowest BCUT2D eigenvalue weighted by atomic mass is 10.0. The summed E-state index contributed by atoms with van der Waals surface area (Å²) in [5, 5.41) is 0. The van der Waals surface area contributed by atoms with Crippen molar-refractivity contribution in [2.75, 3.05) is 18.0 Å². The van der Waals surface area contributed by atoms with Crippen molar-refractivity contribution in [3.63, 3.8) is 0 Å². The van der Waals surface area contributed by atoms with Crippen molar-refractivity contribution >= 4 is 11.9 Å². The summed E-state index contributed by atoms with van der Waals surface area (Å²) in [4.78, 5) is 11.8. The molecule has 0 aromatic carbocycles. The summed E-state index contributed by atoms with van der Waals surface area (Å²) in [6, 6.07) is 0.260. The molecule has 2 atom stereocenters. The summed E-state index contributed by atoms with van der Waals surface area (Å²) >= 11 is 0. The van der Waals surface area contributed by atoms with Crippen LogP contribution >= 0.6 is 0 Å². The normalized spacial score (nSPS) is 26.6. The van der Waals surface area contributed by atoms with E-state index < -0.39 is 0 Å². The van der Waals surface area contributed by atoms with Crippen molar-refractivity contribution in [1.29, 1.82) is 0 Å². The first-order chi connectivity index (χ1) is 6.66. The molecule has 2 heterocycles. The predicted molar refractivity (Wildman–Crippen MR) is 52.0 cm³/mol. The molecule has 0 aliphatic carbocycles. The van der Waals surface area contributed by atoms with Gasteiger partial charge in [-0.3, -0.25) is 10.9 Å². The summed E-state index contributed by atoms with van der Waals surface area (Å²) < 4.78 is 0. The monoisotopic (exact) mass is 195 g/mol. The number of nitrogens with two attached hydrogens (primary N) is 2. The minimum Gasteiger partial charge on any atom is -0.368 e. The van der Waals surface area contributed by atoms with Gasteiger partial charge >= 0.3 is 0 Å². The van der Waals surface area contributed by atoms with Gasteiger partial charge in [-0.1, -0.05) is 0 Å². The maximum Gasteiger partial charge on any atom is 0.225 e. The third kappa shape index (κ3) is 1.59. The number of nitrogens with zero attached hydrogens (tertiary/aromatic N) is 3. The molecule has 1 aliphatic rings. The van der Waals surface area contributed by atoms with Crippen molar-refractivity contribution in [2.24, 2.45) is 0 Å². The van der Waals surface area contributed by atoms with Gasteiger partial charge in [-0.25, -0.2) is 0 Å². The van der Waals surface area contributed by atoms with E-state index in [4.69, 9.17) is 11.5 Å². The lowest BCUT2D eigenvalue weighted by Crippen LogP contribution is -2.28. The Labute approximate surface area is 81.3 Å². The molecule has 1 aromatic heterocycles. The third-order valence-corrected chi connectivity index (χ3v) is 2.27. The van der Waals surface area contributed by atoms with Crippen LogP contribution in [0.25, 0.3) is 0 Å². The zero-order valence-corrected chi connectivity index (χ0v) is 7.86. The van der Waals surface area contributed by atoms with E-state index in [2.05, 4.69) is 25.8 Å². The molecule has 14 heavy (non-hydrogen) atoms. The molecule has 1 aromatic rings. The SMILES string of the molecule is CC1NNCC1c1nc(N)nc(N)n1. The van der Waals surface area contributed by atoms with Crippen LogP contribution in [-0.4, -0.2) is 27.5 Å². The molecule has 0 amide bonds. The van der Waals surface area contributed by atoms with Gasteiger partial charge in [-0.15, -0.1) is 0 Å². The number of nitrogens with one attached hydrogen (secondary N) is 2. The standard InChI is InChI=1S/C7H13N7/c1-3-4(2-10-14-3)5-11-6(8)13-7(9)12-5/h3-4,10,14H,2H2,1H3,(H4,8,9,11,12,13). The zero-order valence-electron chi connectivity index (χ0n) is 7.86. The van der Waals surface area contributed by atoms with Crippen LogP contribution in [0, 0.1) is 0 Å². The van der Waals surface area contributed by atoms with E-state index in [1.807, 2.05) is 6.92 Å².